The lowest BCUT2D eigenvalue weighted by molar-refractivity contribution is 0.0696. The number of rotatable bonds is 4. The second-order valence-electron chi connectivity index (χ2n) is 3.63. The maximum atomic E-state index is 10.8. The van der Waals surface area contributed by atoms with Crippen molar-refractivity contribution in [2.75, 3.05) is 0 Å². The minimum absolute atomic E-state index is 0.158. The molecule has 0 fully saturated rings. The topological polar surface area (TPSA) is 59.4 Å². The molecule has 0 radical (unpaired) electrons. The number of carboxylic acids is 1. The molecule has 0 bridgehead atoms. The molecular weight excluding hydrogens is 298 g/mol. The van der Waals surface area contributed by atoms with Crippen LogP contribution in [0.25, 0.3) is 0 Å². The van der Waals surface area contributed by atoms with Gasteiger partial charge in [-0.3, -0.25) is 4.98 Å². The van der Waals surface area contributed by atoms with E-state index in [0.29, 0.717) is 5.75 Å². The molecule has 0 aliphatic heterocycles. The molecule has 1 aromatic carbocycles. The fourth-order valence-electron chi connectivity index (χ4n) is 1.41. The summed E-state index contributed by atoms with van der Waals surface area (Å²) in [6, 6.07) is 8.99. The quantitative estimate of drug-likeness (QED) is 0.943. The smallest absolute Gasteiger partial charge is 0.337 e. The minimum atomic E-state index is -0.994. The molecular formula is C13H10BrNO3. The minimum Gasteiger partial charge on any atom is -0.489 e. The average molecular weight is 308 g/mol. The van der Waals surface area contributed by atoms with Crippen LogP contribution in [0.1, 0.15) is 15.9 Å². The van der Waals surface area contributed by atoms with Crippen LogP contribution in [-0.2, 0) is 6.61 Å². The van der Waals surface area contributed by atoms with Crippen LogP contribution in [0.4, 0.5) is 0 Å². The molecule has 2 rings (SSSR count). The van der Waals surface area contributed by atoms with E-state index in [4.69, 9.17) is 9.84 Å². The Labute approximate surface area is 112 Å². The number of hydrogen-bond acceptors (Lipinski definition) is 3. The van der Waals surface area contributed by atoms with Gasteiger partial charge in [-0.05, 0) is 24.3 Å². The van der Waals surface area contributed by atoms with Crippen molar-refractivity contribution in [1.82, 2.24) is 4.98 Å². The van der Waals surface area contributed by atoms with E-state index in [0.717, 1.165) is 10.0 Å². The third kappa shape index (κ3) is 3.30. The van der Waals surface area contributed by atoms with Gasteiger partial charge < -0.3 is 9.84 Å². The molecule has 0 saturated heterocycles. The Balaban J connectivity index is 2.06. The summed E-state index contributed by atoms with van der Waals surface area (Å²) in [6.45, 7) is 0.282. The van der Waals surface area contributed by atoms with Crippen LogP contribution >= 0.6 is 15.9 Å². The molecule has 0 aliphatic carbocycles. The predicted octanol–water partition coefficient (Wildman–Crippen LogP) is 3.12. The highest BCUT2D eigenvalue weighted by molar-refractivity contribution is 9.10. The summed E-state index contributed by atoms with van der Waals surface area (Å²) in [5.41, 5.74) is 0.875. The Morgan fingerprint density at radius 3 is 2.89 bits per heavy atom. The van der Waals surface area contributed by atoms with Gasteiger partial charge in [0.1, 0.15) is 12.4 Å². The summed E-state index contributed by atoms with van der Waals surface area (Å²) in [4.78, 5) is 14.7. The second-order valence-corrected chi connectivity index (χ2v) is 4.55. The average Bonchev–Trinajstić information content (AvgIpc) is 2.37. The Hall–Kier alpha value is -1.88. The molecule has 18 heavy (non-hydrogen) atoms. The van der Waals surface area contributed by atoms with Crippen molar-refractivity contribution in [1.29, 1.82) is 0 Å². The van der Waals surface area contributed by atoms with Crippen molar-refractivity contribution in [2.24, 2.45) is 0 Å². The van der Waals surface area contributed by atoms with Crippen LogP contribution in [0.3, 0.4) is 0 Å². The molecule has 4 nitrogen and oxygen atoms in total. The van der Waals surface area contributed by atoms with Crippen LogP contribution in [0.5, 0.6) is 5.75 Å². The zero-order chi connectivity index (χ0) is 13.0. The molecule has 5 heteroatoms. The first kappa shape index (κ1) is 12.6. The molecule has 1 N–H and O–H groups in total. The first-order valence-corrected chi connectivity index (χ1v) is 6.00. The van der Waals surface area contributed by atoms with Gasteiger partial charge in [-0.25, -0.2) is 4.79 Å². The summed E-state index contributed by atoms with van der Waals surface area (Å²) in [7, 11) is 0. The van der Waals surface area contributed by atoms with Crippen LogP contribution in [0.15, 0.2) is 47.2 Å². The molecule has 0 unspecified atom stereocenters. The maximum absolute atomic E-state index is 10.8. The number of carboxylic acid groups (broad SMARTS) is 1. The number of ether oxygens (including phenoxy) is 1. The molecule has 2 aromatic rings. The van der Waals surface area contributed by atoms with Gasteiger partial charge in [0.05, 0.1) is 5.56 Å². The Morgan fingerprint density at radius 1 is 1.33 bits per heavy atom. The Bertz CT molecular complexity index is 572. The van der Waals surface area contributed by atoms with E-state index in [1.165, 1.54) is 6.20 Å². The normalized spacial score (nSPS) is 10.1. The second kappa shape index (κ2) is 5.64. The van der Waals surface area contributed by atoms with E-state index in [9.17, 15) is 4.79 Å². The van der Waals surface area contributed by atoms with Gasteiger partial charge >= 0.3 is 5.97 Å². The van der Waals surface area contributed by atoms with Crippen molar-refractivity contribution in [3.63, 3.8) is 0 Å². The summed E-state index contributed by atoms with van der Waals surface area (Å²) in [6.07, 6.45) is 2.90. The van der Waals surface area contributed by atoms with E-state index >= 15 is 0 Å². The number of benzene rings is 1. The van der Waals surface area contributed by atoms with Gasteiger partial charge in [-0.2, -0.15) is 0 Å². The van der Waals surface area contributed by atoms with Crippen molar-refractivity contribution in [2.45, 2.75) is 6.61 Å². The molecule has 1 aromatic heterocycles. The maximum Gasteiger partial charge on any atom is 0.337 e. The van der Waals surface area contributed by atoms with Crippen molar-refractivity contribution >= 4 is 21.9 Å². The largest absolute Gasteiger partial charge is 0.489 e. The number of hydrogen-bond donors (Lipinski definition) is 1. The van der Waals surface area contributed by atoms with Crippen molar-refractivity contribution < 1.29 is 14.6 Å². The van der Waals surface area contributed by atoms with E-state index in [1.807, 2.05) is 24.3 Å². The van der Waals surface area contributed by atoms with Crippen LogP contribution in [0.2, 0.25) is 0 Å². The highest BCUT2D eigenvalue weighted by Gasteiger charge is 2.04. The van der Waals surface area contributed by atoms with Crippen molar-refractivity contribution in [3.8, 4) is 5.75 Å². The molecule has 0 atom stereocenters. The zero-order valence-corrected chi connectivity index (χ0v) is 10.9. The first-order chi connectivity index (χ1) is 8.65. The highest BCUT2D eigenvalue weighted by Crippen LogP contribution is 2.18. The predicted molar refractivity (Wildman–Crippen MR) is 69.7 cm³/mol. The van der Waals surface area contributed by atoms with Gasteiger partial charge in [0.25, 0.3) is 0 Å². The van der Waals surface area contributed by atoms with Crippen LogP contribution < -0.4 is 4.74 Å². The molecule has 1 heterocycles. The monoisotopic (exact) mass is 307 g/mol. The number of nitrogens with zero attached hydrogens (tertiary/aromatic N) is 1. The fraction of sp³-hybridized carbons (Fsp3) is 0.0769. The first-order valence-electron chi connectivity index (χ1n) is 5.21. The SMILES string of the molecule is O=C(O)c1cncc(COc2cccc(Br)c2)c1. The molecule has 0 saturated carbocycles. The number of pyridine rings is 1. The standard InChI is InChI=1S/C13H10BrNO3/c14-11-2-1-3-12(5-11)18-8-9-4-10(13(16)17)7-15-6-9/h1-7H,8H2,(H,16,17). The van der Waals surface area contributed by atoms with Gasteiger partial charge in [-0.1, -0.05) is 22.0 Å². The molecule has 0 amide bonds. The van der Waals surface area contributed by atoms with Crippen LogP contribution in [-0.4, -0.2) is 16.1 Å². The van der Waals surface area contributed by atoms with Gasteiger partial charge in [0.15, 0.2) is 0 Å². The Morgan fingerprint density at radius 2 is 2.17 bits per heavy atom. The van der Waals surface area contributed by atoms with E-state index in [1.54, 1.807) is 12.3 Å². The van der Waals surface area contributed by atoms with Crippen LogP contribution in [0, 0.1) is 0 Å². The Kier molecular flexibility index (Phi) is 3.94. The fourth-order valence-corrected chi connectivity index (χ4v) is 1.79. The van der Waals surface area contributed by atoms with Crippen molar-refractivity contribution in [3.05, 3.63) is 58.3 Å². The summed E-state index contributed by atoms with van der Waals surface area (Å²) in [5.74, 6) is -0.281. The zero-order valence-electron chi connectivity index (χ0n) is 9.34. The van der Waals surface area contributed by atoms with E-state index < -0.39 is 5.97 Å². The van der Waals surface area contributed by atoms with Gasteiger partial charge in [0.2, 0.25) is 0 Å². The third-order valence-corrected chi connectivity index (χ3v) is 2.74. The molecule has 92 valence electrons. The summed E-state index contributed by atoms with van der Waals surface area (Å²) in [5, 5.41) is 8.84. The molecule has 0 aliphatic rings. The number of aromatic nitrogens is 1. The van der Waals surface area contributed by atoms with Gasteiger partial charge in [0, 0.05) is 22.4 Å². The lowest BCUT2D eigenvalue weighted by Crippen LogP contribution is -2.01. The number of aromatic carboxylic acids is 1. The molecule has 0 spiro atoms. The third-order valence-electron chi connectivity index (χ3n) is 2.24. The lowest BCUT2D eigenvalue weighted by atomic mass is 10.2. The summed E-state index contributed by atoms with van der Waals surface area (Å²) < 4.78 is 6.47. The van der Waals surface area contributed by atoms with E-state index in [2.05, 4.69) is 20.9 Å². The van der Waals surface area contributed by atoms with Gasteiger partial charge in [-0.15, -0.1) is 0 Å². The lowest BCUT2D eigenvalue weighted by Gasteiger charge is -2.06. The number of halogens is 1. The highest BCUT2D eigenvalue weighted by atomic mass is 79.9. The van der Waals surface area contributed by atoms with E-state index in [-0.39, 0.29) is 12.2 Å². The summed E-state index contributed by atoms with van der Waals surface area (Å²) >= 11 is 3.35. The number of carbonyl (C=O) groups is 1.